The van der Waals surface area contributed by atoms with Gasteiger partial charge in [-0.05, 0) is 99.3 Å². The minimum atomic E-state index is -3.76. The van der Waals surface area contributed by atoms with E-state index in [9.17, 15) is 14.2 Å². The van der Waals surface area contributed by atoms with Crippen molar-refractivity contribution >= 4 is 44.2 Å². The Morgan fingerprint density at radius 1 is 0.877 bits per heavy atom. The molecule has 0 unspecified atom stereocenters. The SMILES string of the molecule is COP(=O)(CC(=O)[C@@]12C(=O)N[C@@H](CC(C)C)[C@@H]1[C@H](C)C(C)=C[C@@H]2/C=C(\C)CC[C@@H](O[Si](C)(C)C(C)(C)C)[C@H](CO[Si](C)(C)C(C)(C)C)O[Si](C)(C)C(C)(C)C)OC. The first kappa shape index (κ1) is 52.4. The molecule has 1 aliphatic heterocycles. The van der Waals surface area contributed by atoms with Crippen molar-refractivity contribution in [2.75, 3.05) is 27.0 Å². The van der Waals surface area contributed by atoms with Crippen LogP contribution in [-0.2, 0) is 36.5 Å². The van der Waals surface area contributed by atoms with Crippen molar-refractivity contribution in [3.8, 4) is 0 Å². The van der Waals surface area contributed by atoms with Crippen LogP contribution in [0.1, 0.15) is 116 Å². The molecule has 332 valence electrons. The average molecular weight is 872 g/mol. The number of nitrogens with one attached hydrogen (secondary N) is 1. The topological polar surface area (TPSA) is 109 Å². The van der Waals surface area contributed by atoms with Gasteiger partial charge < -0.3 is 27.6 Å². The predicted octanol–water partition coefficient (Wildman–Crippen LogP) is 11.9. The van der Waals surface area contributed by atoms with Crippen LogP contribution in [-0.4, -0.2) is 81.9 Å². The van der Waals surface area contributed by atoms with Crippen LogP contribution in [0.2, 0.25) is 54.4 Å². The maximum atomic E-state index is 14.8. The van der Waals surface area contributed by atoms with E-state index in [2.05, 4.69) is 154 Å². The van der Waals surface area contributed by atoms with E-state index in [0.29, 0.717) is 25.4 Å². The largest absolute Gasteiger partial charge is 0.414 e. The Morgan fingerprint density at radius 2 is 1.35 bits per heavy atom. The van der Waals surface area contributed by atoms with Crippen molar-refractivity contribution < 1.29 is 36.5 Å². The summed E-state index contributed by atoms with van der Waals surface area (Å²) in [6.45, 7) is 45.3. The van der Waals surface area contributed by atoms with Crippen LogP contribution in [0.15, 0.2) is 23.3 Å². The molecule has 57 heavy (non-hydrogen) atoms. The molecule has 0 saturated carbocycles. The molecule has 2 rings (SSSR count). The molecule has 0 radical (unpaired) electrons. The van der Waals surface area contributed by atoms with E-state index in [-0.39, 0.29) is 51.1 Å². The summed E-state index contributed by atoms with van der Waals surface area (Å²) < 4.78 is 45.7. The van der Waals surface area contributed by atoms with E-state index in [1.165, 1.54) is 14.2 Å². The van der Waals surface area contributed by atoms with Gasteiger partial charge in [0.05, 0.1) is 18.8 Å². The van der Waals surface area contributed by atoms with Crippen molar-refractivity contribution in [3.63, 3.8) is 0 Å². The summed E-state index contributed by atoms with van der Waals surface area (Å²) in [5.41, 5.74) is 0.759. The average Bonchev–Trinajstić information content (AvgIpc) is 3.33. The van der Waals surface area contributed by atoms with Crippen LogP contribution in [0.5, 0.6) is 0 Å². The zero-order valence-electron chi connectivity index (χ0n) is 40.4. The first-order valence-corrected chi connectivity index (χ1v) is 31.9. The number of amides is 1. The third-order valence-electron chi connectivity index (χ3n) is 14.6. The second kappa shape index (κ2) is 18.7. The van der Waals surface area contributed by atoms with Gasteiger partial charge in [-0.3, -0.25) is 14.2 Å². The highest BCUT2D eigenvalue weighted by atomic mass is 31.2. The fraction of sp³-hybridized carbons (Fsp3) is 0.864. The van der Waals surface area contributed by atoms with Gasteiger partial charge in [-0.1, -0.05) is 106 Å². The molecule has 7 atom stereocenters. The molecule has 1 fully saturated rings. The van der Waals surface area contributed by atoms with Gasteiger partial charge in [-0.25, -0.2) is 0 Å². The van der Waals surface area contributed by atoms with Crippen molar-refractivity contribution in [2.24, 2.45) is 29.1 Å². The number of hydrogen-bond acceptors (Lipinski definition) is 8. The van der Waals surface area contributed by atoms with Gasteiger partial charge >= 0.3 is 7.60 Å². The van der Waals surface area contributed by atoms with Crippen LogP contribution < -0.4 is 5.32 Å². The van der Waals surface area contributed by atoms with Gasteiger partial charge in [-0.2, -0.15) is 0 Å². The van der Waals surface area contributed by atoms with E-state index in [4.69, 9.17) is 22.3 Å². The Kier molecular flexibility index (Phi) is 17.2. The molecule has 1 aliphatic carbocycles. The first-order chi connectivity index (χ1) is 25.5. The highest BCUT2D eigenvalue weighted by Crippen LogP contribution is 2.58. The Balaban J connectivity index is 2.76. The lowest BCUT2D eigenvalue weighted by atomic mass is 9.55. The number of hydrogen-bond donors (Lipinski definition) is 1. The predicted molar refractivity (Wildman–Crippen MR) is 245 cm³/mol. The van der Waals surface area contributed by atoms with Gasteiger partial charge in [0, 0.05) is 32.1 Å². The van der Waals surface area contributed by atoms with Gasteiger partial charge in [0.1, 0.15) is 11.6 Å². The highest BCUT2D eigenvalue weighted by Gasteiger charge is 2.66. The molecule has 2 aliphatic rings. The summed E-state index contributed by atoms with van der Waals surface area (Å²) >= 11 is 0. The monoisotopic (exact) mass is 872 g/mol. The molecule has 0 bridgehead atoms. The number of fused-ring (bicyclic) bond motifs is 1. The fourth-order valence-corrected chi connectivity index (χ4v) is 12.4. The summed E-state index contributed by atoms with van der Waals surface area (Å²) in [5.74, 6) is -1.27. The van der Waals surface area contributed by atoms with Crippen LogP contribution in [0.25, 0.3) is 0 Å². The molecular weight excluding hydrogens is 786 g/mol. The zero-order chi connectivity index (χ0) is 44.5. The molecule has 0 spiro atoms. The first-order valence-electron chi connectivity index (χ1n) is 21.4. The lowest BCUT2D eigenvalue weighted by Crippen LogP contribution is -2.54. The standard InChI is InChI=1S/C44H86NO8PSi3/c1-30(2)25-35-39-33(5)32(4)27-34(44(39,40(47)45-35)38(46)29-54(48,49-15)50-16)26-31(3)23-24-36(52-56(19,20)42(9,10)11)37(53-57(21,22)43(12,13)14)28-51-55(17,18)41(6,7)8/h26-27,30,33-37,39H,23-25,28-29H2,1-22H3,(H,45,47)/b31-26+/t33-,34+,35+,36-,37+,39+,44-/m1/s1. The lowest BCUT2D eigenvalue weighted by molar-refractivity contribution is -0.143. The molecular formula is C44H86NO8PSi3. The number of Topliss-reactive ketones (excluding diaryl/α,β-unsaturated/α-hetero) is 1. The van der Waals surface area contributed by atoms with E-state index in [0.717, 1.165) is 17.6 Å². The van der Waals surface area contributed by atoms with Gasteiger partial charge in [0.15, 0.2) is 30.7 Å². The van der Waals surface area contributed by atoms with Crippen LogP contribution in [0.4, 0.5) is 0 Å². The third-order valence-corrected chi connectivity index (χ3v) is 29.9. The number of carbonyl (C=O) groups excluding carboxylic acids is 2. The van der Waals surface area contributed by atoms with E-state index >= 15 is 0 Å². The minimum Gasteiger partial charge on any atom is -0.414 e. The summed E-state index contributed by atoms with van der Waals surface area (Å²) in [6, 6.07) is -0.197. The van der Waals surface area contributed by atoms with Crippen LogP contribution in [0, 0.1) is 29.1 Å². The maximum Gasteiger partial charge on any atom is 0.337 e. The Hall–Kier alpha value is -0.699. The van der Waals surface area contributed by atoms with Gasteiger partial charge in [0.25, 0.3) is 0 Å². The number of carbonyl (C=O) groups is 2. The molecule has 1 amide bonds. The molecule has 1 N–H and O–H groups in total. The van der Waals surface area contributed by atoms with Crippen molar-refractivity contribution in [1.82, 2.24) is 5.32 Å². The normalized spacial score (nSPS) is 25.6. The van der Waals surface area contributed by atoms with Gasteiger partial charge in [-0.15, -0.1) is 0 Å². The fourth-order valence-electron chi connectivity index (χ4n) is 7.63. The van der Waals surface area contributed by atoms with E-state index in [1.807, 2.05) is 0 Å². The summed E-state index contributed by atoms with van der Waals surface area (Å²) in [6.07, 6.45) is 5.36. The lowest BCUT2D eigenvalue weighted by Gasteiger charge is -2.46. The molecule has 0 aromatic rings. The molecule has 0 aromatic carbocycles. The molecule has 0 aromatic heterocycles. The van der Waals surface area contributed by atoms with Gasteiger partial charge in [0.2, 0.25) is 5.91 Å². The maximum absolute atomic E-state index is 14.8. The minimum absolute atomic E-state index is 0.00977. The van der Waals surface area contributed by atoms with Crippen molar-refractivity contribution in [2.45, 2.75) is 189 Å². The van der Waals surface area contributed by atoms with E-state index < -0.39 is 55.8 Å². The van der Waals surface area contributed by atoms with E-state index in [1.54, 1.807) is 0 Å². The molecule has 1 heterocycles. The number of allylic oxidation sites excluding steroid dienone is 4. The summed E-state index contributed by atoms with van der Waals surface area (Å²) in [4.78, 5) is 29.3. The van der Waals surface area contributed by atoms with Crippen LogP contribution >= 0.6 is 7.60 Å². The van der Waals surface area contributed by atoms with Crippen LogP contribution in [0.3, 0.4) is 0 Å². The van der Waals surface area contributed by atoms with Crippen molar-refractivity contribution in [1.29, 1.82) is 0 Å². The summed E-state index contributed by atoms with van der Waals surface area (Å²) in [5, 5.41) is 3.28. The summed E-state index contributed by atoms with van der Waals surface area (Å²) in [7, 11) is -7.86. The quantitative estimate of drug-likeness (QED) is 0.0591. The molecule has 9 nitrogen and oxygen atoms in total. The molecule has 13 heteroatoms. The Bertz CT molecular complexity index is 1510. The third kappa shape index (κ3) is 12.0. The van der Waals surface area contributed by atoms with Crippen molar-refractivity contribution in [3.05, 3.63) is 23.3 Å². The highest BCUT2D eigenvalue weighted by molar-refractivity contribution is 7.54. The smallest absolute Gasteiger partial charge is 0.337 e. The Labute approximate surface area is 352 Å². The molecule has 1 saturated heterocycles. The second-order valence-corrected chi connectivity index (χ2v) is 38.9. The second-order valence-electron chi connectivity index (χ2n) is 22.3. The number of rotatable bonds is 19. The zero-order valence-corrected chi connectivity index (χ0v) is 44.3. The number of ketones is 1. The Morgan fingerprint density at radius 3 is 1.79 bits per heavy atom.